The highest BCUT2D eigenvalue weighted by molar-refractivity contribution is 9.10. The zero-order valence-corrected chi connectivity index (χ0v) is 10.6. The van der Waals surface area contributed by atoms with E-state index in [2.05, 4.69) is 15.9 Å². The van der Waals surface area contributed by atoms with Gasteiger partial charge in [-0.2, -0.15) is 0 Å². The van der Waals surface area contributed by atoms with E-state index in [1.165, 1.54) is 0 Å². The molecule has 88 valence electrons. The van der Waals surface area contributed by atoms with Gasteiger partial charge < -0.3 is 10.8 Å². The molecule has 4 nitrogen and oxygen atoms in total. The van der Waals surface area contributed by atoms with Gasteiger partial charge in [0.2, 0.25) is 0 Å². The van der Waals surface area contributed by atoms with Crippen LogP contribution in [0, 0.1) is 0 Å². The van der Waals surface area contributed by atoms with Gasteiger partial charge in [-0.05, 0) is 6.07 Å². The molecule has 1 unspecified atom stereocenters. The Bertz CT molecular complexity index is 397. The van der Waals surface area contributed by atoms with Crippen molar-refractivity contribution in [3.8, 4) is 0 Å². The molecule has 1 atom stereocenters. The molecular formula is C10H11BrClNO3. The first-order chi connectivity index (χ1) is 7.02. The zero-order chi connectivity index (χ0) is 11.4. The zero-order valence-electron chi connectivity index (χ0n) is 8.22. The first-order valence-electron chi connectivity index (χ1n) is 4.28. The Morgan fingerprint density at radius 2 is 1.94 bits per heavy atom. The lowest BCUT2D eigenvalue weighted by Crippen LogP contribution is -2.32. The average molecular weight is 309 g/mol. The molecule has 0 aliphatic heterocycles. The van der Waals surface area contributed by atoms with Gasteiger partial charge in [0, 0.05) is 16.5 Å². The third kappa shape index (κ3) is 3.92. The van der Waals surface area contributed by atoms with E-state index >= 15 is 0 Å². The van der Waals surface area contributed by atoms with Crippen molar-refractivity contribution in [1.82, 2.24) is 0 Å². The van der Waals surface area contributed by atoms with Crippen LogP contribution in [0.1, 0.15) is 16.8 Å². The molecule has 0 fully saturated rings. The Morgan fingerprint density at radius 3 is 2.44 bits per heavy atom. The first-order valence-corrected chi connectivity index (χ1v) is 5.07. The predicted octanol–water partition coefficient (Wildman–Crippen LogP) is 1.86. The molecule has 0 spiro atoms. The van der Waals surface area contributed by atoms with E-state index < -0.39 is 12.0 Å². The van der Waals surface area contributed by atoms with Crippen molar-refractivity contribution < 1.29 is 14.7 Å². The third-order valence-electron chi connectivity index (χ3n) is 1.90. The molecule has 0 bridgehead atoms. The summed E-state index contributed by atoms with van der Waals surface area (Å²) in [7, 11) is 0. The molecule has 6 heteroatoms. The van der Waals surface area contributed by atoms with Crippen LogP contribution in [0.2, 0.25) is 0 Å². The molecule has 0 aliphatic rings. The summed E-state index contributed by atoms with van der Waals surface area (Å²) in [6.45, 7) is 0. The second kappa shape index (κ2) is 6.62. The van der Waals surface area contributed by atoms with Crippen LogP contribution in [0.5, 0.6) is 0 Å². The minimum absolute atomic E-state index is 0. The van der Waals surface area contributed by atoms with Crippen LogP contribution in [0.15, 0.2) is 28.7 Å². The van der Waals surface area contributed by atoms with Crippen molar-refractivity contribution in [3.63, 3.8) is 0 Å². The fourth-order valence-electron chi connectivity index (χ4n) is 1.08. The highest BCUT2D eigenvalue weighted by Crippen LogP contribution is 2.17. The Kier molecular flexibility index (Phi) is 6.25. The average Bonchev–Trinajstić information content (AvgIpc) is 2.18. The Labute approximate surface area is 107 Å². The van der Waals surface area contributed by atoms with E-state index in [-0.39, 0.29) is 24.6 Å². The van der Waals surface area contributed by atoms with Gasteiger partial charge in [0.15, 0.2) is 5.78 Å². The summed E-state index contributed by atoms with van der Waals surface area (Å²) in [5.74, 6) is -1.45. The monoisotopic (exact) mass is 307 g/mol. The van der Waals surface area contributed by atoms with Crippen LogP contribution < -0.4 is 5.73 Å². The first kappa shape index (κ1) is 15.1. The normalized spacial score (nSPS) is 11.4. The van der Waals surface area contributed by atoms with E-state index in [0.29, 0.717) is 10.0 Å². The number of aliphatic carboxylic acids is 1. The Balaban J connectivity index is 0.00000225. The number of carbonyl (C=O) groups is 2. The fourth-order valence-corrected chi connectivity index (χ4v) is 1.59. The second-order valence-corrected chi connectivity index (χ2v) is 3.91. The molecule has 0 saturated carbocycles. The minimum Gasteiger partial charge on any atom is -0.480 e. The number of carbonyl (C=O) groups excluding carboxylic acids is 1. The van der Waals surface area contributed by atoms with E-state index in [0.717, 1.165) is 0 Å². The number of rotatable bonds is 4. The summed E-state index contributed by atoms with van der Waals surface area (Å²) in [6.07, 6.45) is -0.196. The molecule has 1 aromatic rings. The fraction of sp³-hybridized carbons (Fsp3) is 0.200. The molecule has 3 N–H and O–H groups in total. The van der Waals surface area contributed by atoms with E-state index in [9.17, 15) is 9.59 Å². The molecule has 0 aromatic heterocycles. The molecule has 0 aliphatic carbocycles. The summed E-state index contributed by atoms with van der Waals surface area (Å²) < 4.78 is 0.646. The Hall–Kier alpha value is -0.910. The van der Waals surface area contributed by atoms with Gasteiger partial charge in [0.25, 0.3) is 0 Å². The maximum absolute atomic E-state index is 11.6. The lowest BCUT2D eigenvalue weighted by molar-refractivity contribution is -0.138. The van der Waals surface area contributed by atoms with Crippen LogP contribution in [0.4, 0.5) is 0 Å². The van der Waals surface area contributed by atoms with E-state index in [4.69, 9.17) is 10.8 Å². The number of hydrogen-bond donors (Lipinski definition) is 2. The van der Waals surface area contributed by atoms with Gasteiger partial charge in [0.05, 0.1) is 0 Å². The van der Waals surface area contributed by atoms with E-state index in [1.54, 1.807) is 24.3 Å². The maximum atomic E-state index is 11.6. The topological polar surface area (TPSA) is 80.4 Å². The van der Waals surface area contributed by atoms with E-state index in [1.807, 2.05) is 0 Å². The van der Waals surface area contributed by atoms with Gasteiger partial charge in [-0.15, -0.1) is 12.4 Å². The predicted molar refractivity (Wildman–Crippen MR) is 65.9 cm³/mol. The van der Waals surface area contributed by atoms with Gasteiger partial charge >= 0.3 is 5.97 Å². The summed E-state index contributed by atoms with van der Waals surface area (Å²) in [4.78, 5) is 22.1. The maximum Gasteiger partial charge on any atom is 0.320 e. The lowest BCUT2D eigenvalue weighted by atomic mass is 10.0. The largest absolute Gasteiger partial charge is 0.480 e. The number of hydrogen-bond acceptors (Lipinski definition) is 3. The second-order valence-electron chi connectivity index (χ2n) is 3.05. The van der Waals surface area contributed by atoms with Crippen molar-refractivity contribution in [2.24, 2.45) is 5.73 Å². The number of ketones is 1. The van der Waals surface area contributed by atoms with Gasteiger partial charge in [-0.1, -0.05) is 34.1 Å². The SMILES string of the molecule is Cl.NC(CC(=O)c1ccccc1Br)C(=O)O. The highest BCUT2D eigenvalue weighted by Gasteiger charge is 2.18. The lowest BCUT2D eigenvalue weighted by Gasteiger charge is -2.06. The molecule has 0 radical (unpaired) electrons. The van der Waals surface area contributed by atoms with Crippen molar-refractivity contribution in [2.75, 3.05) is 0 Å². The number of halogens is 2. The number of Topliss-reactive ketones (excluding diaryl/α,β-unsaturated/α-hetero) is 1. The van der Waals surface area contributed by atoms with Gasteiger partial charge in [-0.3, -0.25) is 9.59 Å². The molecule has 16 heavy (non-hydrogen) atoms. The van der Waals surface area contributed by atoms with Gasteiger partial charge in [-0.25, -0.2) is 0 Å². The van der Waals surface area contributed by atoms with Gasteiger partial charge in [0.1, 0.15) is 6.04 Å². The summed E-state index contributed by atoms with van der Waals surface area (Å²) in [5, 5.41) is 8.56. The van der Waals surface area contributed by atoms with Crippen molar-refractivity contribution >= 4 is 40.1 Å². The van der Waals surface area contributed by atoms with Crippen molar-refractivity contribution in [3.05, 3.63) is 34.3 Å². The van der Waals surface area contributed by atoms with Crippen LogP contribution in [-0.4, -0.2) is 22.9 Å². The van der Waals surface area contributed by atoms with Crippen molar-refractivity contribution in [2.45, 2.75) is 12.5 Å². The van der Waals surface area contributed by atoms with Crippen LogP contribution in [-0.2, 0) is 4.79 Å². The number of carboxylic acid groups (broad SMARTS) is 1. The molecular weight excluding hydrogens is 297 g/mol. The number of carboxylic acids is 1. The summed E-state index contributed by atoms with van der Waals surface area (Å²) >= 11 is 3.21. The quantitative estimate of drug-likeness (QED) is 0.832. The van der Waals surface area contributed by atoms with Crippen LogP contribution in [0.3, 0.4) is 0 Å². The number of nitrogens with two attached hydrogens (primary N) is 1. The summed E-state index contributed by atoms with van der Waals surface area (Å²) in [5.41, 5.74) is 5.72. The molecule has 0 heterocycles. The summed E-state index contributed by atoms with van der Waals surface area (Å²) in [6, 6.07) is 5.69. The van der Waals surface area contributed by atoms with Crippen LogP contribution in [0.25, 0.3) is 0 Å². The van der Waals surface area contributed by atoms with Crippen LogP contribution >= 0.6 is 28.3 Å². The number of benzene rings is 1. The highest BCUT2D eigenvalue weighted by atomic mass is 79.9. The van der Waals surface area contributed by atoms with Crippen molar-refractivity contribution in [1.29, 1.82) is 0 Å². The molecule has 1 aromatic carbocycles. The minimum atomic E-state index is -1.17. The molecule has 0 amide bonds. The smallest absolute Gasteiger partial charge is 0.320 e. The molecule has 0 saturated heterocycles. The third-order valence-corrected chi connectivity index (χ3v) is 2.59. The molecule has 1 rings (SSSR count). The Morgan fingerprint density at radius 1 is 1.38 bits per heavy atom. The standard InChI is InChI=1S/C10H10BrNO3.ClH/c11-7-4-2-1-3-6(7)9(13)5-8(12)10(14)15;/h1-4,8H,5,12H2,(H,14,15);1H.